The Labute approximate surface area is 174 Å². The highest BCUT2D eigenvalue weighted by Gasteiger charge is 2.34. The summed E-state index contributed by atoms with van der Waals surface area (Å²) in [6.07, 6.45) is 3.83. The number of nitrogens with one attached hydrogen (secondary N) is 2. The number of oxazole rings is 1. The SMILES string of the molecule is CN=C(NCc1ncc(C(C)(C)C)o1)NCC1(N(C)C)CCOCC1.I. The van der Waals surface area contributed by atoms with Gasteiger partial charge in [-0.3, -0.25) is 4.99 Å². The molecule has 1 aromatic rings. The van der Waals surface area contributed by atoms with Gasteiger partial charge in [0, 0.05) is 37.8 Å². The lowest BCUT2D eigenvalue weighted by Crippen LogP contribution is -2.57. The van der Waals surface area contributed by atoms with Crippen molar-refractivity contribution >= 4 is 29.9 Å². The van der Waals surface area contributed by atoms with Gasteiger partial charge in [0.15, 0.2) is 5.96 Å². The number of rotatable bonds is 5. The number of aliphatic imine (C=N–C) groups is 1. The molecular formula is C18H34IN5O2. The zero-order valence-corrected chi connectivity index (χ0v) is 19.2. The lowest BCUT2D eigenvalue weighted by molar-refractivity contribution is -0.00501. The van der Waals surface area contributed by atoms with Crippen LogP contribution in [0.1, 0.15) is 45.3 Å². The van der Waals surface area contributed by atoms with Gasteiger partial charge in [0.2, 0.25) is 5.89 Å². The van der Waals surface area contributed by atoms with E-state index in [4.69, 9.17) is 9.15 Å². The van der Waals surface area contributed by atoms with Crippen LogP contribution in [0.25, 0.3) is 0 Å². The summed E-state index contributed by atoms with van der Waals surface area (Å²) in [5.74, 6) is 2.31. The number of hydrogen-bond donors (Lipinski definition) is 2. The predicted molar refractivity (Wildman–Crippen MR) is 115 cm³/mol. The topological polar surface area (TPSA) is 74.9 Å². The highest BCUT2D eigenvalue weighted by Crippen LogP contribution is 2.25. The van der Waals surface area contributed by atoms with Gasteiger partial charge in [-0.05, 0) is 26.9 Å². The molecule has 0 atom stereocenters. The minimum absolute atomic E-state index is 0. The first-order valence-electron chi connectivity index (χ1n) is 8.92. The predicted octanol–water partition coefficient (Wildman–Crippen LogP) is 2.37. The van der Waals surface area contributed by atoms with Crippen LogP contribution >= 0.6 is 24.0 Å². The van der Waals surface area contributed by atoms with Crippen LogP contribution in [-0.2, 0) is 16.7 Å². The van der Waals surface area contributed by atoms with E-state index in [0.717, 1.165) is 44.3 Å². The molecule has 0 unspecified atom stereocenters. The van der Waals surface area contributed by atoms with Gasteiger partial charge >= 0.3 is 0 Å². The van der Waals surface area contributed by atoms with Crippen LogP contribution in [-0.4, -0.2) is 62.3 Å². The third kappa shape index (κ3) is 6.09. The molecule has 0 amide bonds. The quantitative estimate of drug-likeness (QED) is 0.384. The Morgan fingerprint density at radius 2 is 1.92 bits per heavy atom. The second kappa shape index (κ2) is 9.89. The molecule has 2 rings (SSSR count). The van der Waals surface area contributed by atoms with E-state index in [-0.39, 0.29) is 34.9 Å². The Morgan fingerprint density at radius 3 is 2.42 bits per heavy atom. The van der Waals surface area contributed by atoms with Crippen molar-refractivity contribution in [3.63, 3.8) is 0 Å². The summed E-state index contributed by atoms with van der Waals surface area (Å²) >= 11 is 0. The average Bonchev–Trinajstić information content (AvgIpc) is 3.05. The number of ether oxygens (including phenoxy) is 1. The first kappa shape index (κ1) is 23.2. The molecule has 0 aliphatic carbocycles. The highest BCUT2D eigenvalue weighted by molar-refractivity contribution is 14.0. The number of hydrogen-bond acceptors (Lipinski definition) is 5. The van der Waals surface area contributed by atoms with Crippen molar-refractivity contribution in [3.8, 4) is 0 Å². The molecule has 0 spiro atoms. The Kier molecular flexibility index (Phi) is 8.81. The largest absolute Gasteiger partial charge is 0.443 e. The zero-order valence-electron chi connectivity index (χ0n) is 16.9. The van der Waals surface area contributed by atoms with Crippen molar-refractivity contribution in [2.45, 2.75) is 51.1 Å². The van der Waals surface area contributed by atoms with Crippen LogP contribution in [0.5, 0.6) is 0 Å². The maximum Gasteiger partial charge on any atom is 0.213 e. The van der Waals surface area contributed by atoms with Gasteiger partial charge in [0.05, 0.1) is 12.7 Å². The Bertz CT molecular complexity index is 574. The molecule has 2 heterocycles. The summed E-state index contributed by atoms with van der Waals surface area (Å²) in [5, 5.41) is 6.72. The van der Waals surface area contributed by atoms with Crippen molar-refractivity contribution in [2.24, 2.45) is 4.99 Å². The molecule has 1 saturated heterocycles. The molecule has 8 heteroatoms. The molecule has 1 fully saturated rings. The van der Waals surface area contributed by atoms with Gasteiger partial charge in [-0.2, -0.15) is 0 Å². The van der Waals surface area contributed by atoms with E-state index >= 15 is 0 Å². The first-order chi connectivity index (χ1) is 11.8. The van der Waals surface area contributed by atoms with E-state index in [1.807, 2.05) is 0 Å². The summed E-state index contributed by atoms with van der Waals surface area (Å²) in [6, 6.07) is 0. The normalized spacial score (nSPS) is 17.7. The maximum atomic E-state index is 5.81. The van der Waals surface area contributed by atoms with E-state index in [1.54, 1.807) is 13.2 Å². The fourth-order valence-corrected chi connectivity index (χ4v) is 2.90. The summed E-state index contributed by atoms with van der Waals surface area (Å²) in [7, 11) is 6.03. The summed E-state index contributed by atoms with van der Waals surface area (Å²) in [6.45, 7) is 9.27. The summed E-state index contributed by atoms with van der Waals surface area (Å²) < 4.78 is 11.3. The van der Waals surface area contributed by atoms with E-state index < -0.39 is 0 Å². The molecule has 150 valence electrons. The van der Waals surface area contributed by atoms with Crippen molar-refractivity contribution in [2.75, 3.05) is 40.9 Å². The smallest absolute Gasteiger partial charge is 0.213 e. The van der Waals surface area contributed by atoms with Gasteiger partial charge in [-0.15, -0.1) is 24.0 Å². The number of aromatic nitrogens is 1. The van der Waals surface area contributed by atoms with Crippen molar-refractivity contribution in [1.29, 1.82) is 0 Å². The average molecular weight is 479 g/mol. The first-order valence-corrected chi connectivity index (χ1v) is 8.92. The van der Waals surface area contributed by atoms with Gasteiger partial charge in [-0.1, -0.05) is 20.8 Å². The van der Waals surface area contributed by atoms with Crippen molar-refractivity contribution in [3.05, 3.63) is 17.8 Å². The molecule has 0 radical (unpaired) electrons. The van der Waals surface area contributed by atoms with Crippen LogP contribution in [0.4, 0.5) is 0 Å². The summed E-state index contributed by atoms with van der Waals surface area (Å²) in [4.78, 5) is 10.9. The van der Waals surface area contributed by atoms with Crippen LogP contribution < -0.4 is 10.6 Å². The van der Waals surface area contributed by atoms with Crippen LogP contribution in [0.2, 0.25) is 0 Å². The monoisotopic (exact) mass is 479 g/mol. The number of likely N-dealkylation sites (N-methyl/N-ethyl adjacent to an activating group) is 1. The third-order valence-electron chi connectivity index (χ3n) is 4.88. The molecule has 2 N–H and O–H groups in total. The third-order valence-corrected chi connectivity index (χ3v) is 4.88. The maximum absolute atomic E-state index is 5.81. The number of guanidine groups is 1. The molecule has 26 heavy (non-hydrogen) atoms. The van der Waals surface area contributed by atoms with E-state index in [9.17, 15) is 0 Å². The number of nitrogens with zero attached hydrogens (tertiary/aromatic N) is 3. The second-order valence-electron chi connectivity index (χ2n) is 7.88. The van der Waals surface area contributed by atoms with Gasteiger partial charge < -0.3 is 24.7 Å². The lowest BCUT2D eigenvalue weighted by atomic mass is 9.88. The highest BCUT2D eigenvalue weighted by atomic mass is 127. The molecule has 0 bridgehead atoms. The molecule has 0 aromatic carbocycles. The van der Waals surface area contributed by atoms with Crippen molar-refractivity contribution < 1.29 is 9.15 Å². The Hall–Kier alpha value is -0.870. The molecular weight excluding hydrogens is 445 g/mol. The molecule has 1 aliphatic rings. The van der Waals surface area contributed by atoms with Gasteiger partial charge in [0.25, 0.3) is 0 Å². The van der Waals surface area contributed by atoms with E-state index in [0.29, 0.717) is 12.4 Å². The minimum Gasteiger partial charge on any atom is -0.443 e. The van der Waals surface area contributed by atoms with Crippen LogP contribution in [0.15, 0.2) is 15.6 Å². The van der Waals surface area contributed by atoms with Gasteiger partial charge in [-0.25, -0.2) is 4.98 Å². The van der Waals surface area contributed by atoms with Gasteiger partial charge in [0.1, 0.15) is 5.76 Å². The zero-order chi connectivity index (χ0) is 18.5. The fraction of sp³-hybridized carbons (Fsp3) is 0.778. The van der Waals surface area contributed by atoms with E-state index in [1.165, 1.54) is 0 Å². The van der Waals surface area contributed by atoms with Crippen LogP contribution in [0.3, 0.4) is 0 Å². The molecule has 7 nitrogen and oxygen atoms in total. The van der Waals surface area contributed by atoms with Crippen LogP contribution in [0, 0.1) is 0 Å². The lowest BCUT2D eigenvalue weighted by Gasteiger charge is -2.43. The number of halogens is 1. The standard InChI is InChI=1S/C18H33N5O2.HI/c1-17(2,3)14-11-20-15(25-14)12-21-16(19-4)22-13-18(23(5)6)7-9-24-10-8-18;/h11H,7-10,12-13H2,1-6H3,(H2,19,21,22);1H. The Balaban J connectivity index is 0.00000338. The van der Waals surface area contributed by atoms with E-state index in [2.05, 4.69) is 60.4 Å². The van der Waals surface area contributed by atoms with Crippen molar-refractivity contribution in [1.82, 2.24) is 20.5 Å². The molecule has 1 aliphatic heterocycles. The summed E-state index contributed by atoms with van der Waals surface area (Å²) in [5.41, 5.74) is 0.0600. The fourth-order valence-electron chi connectivity index (χ4n) is 2.90. The minimum atomic E-state index is -0.0354. The molecule has 1 aromatic heterocycles. The second-order valence-corrected chi connectivity index (χ2v) is 7.88. The molecule has 0 saturated carbocycles. The Morgan fingerprint density at radius 1 is 1.27 bits per heavy atom.